The lowest BCUT2D eigenvalue weighted by molar-refractivity contribution is 0.252. The van der Waals surface area contributed by atoms with E-state index in [1.807, 2.05) is 6.07 Å². The largest absolute Gasteiger partial charge is 0.383 e. The third-order valence-corrected chi connectivity index (χ3v) is 4.71. The number of nitrogens with two attached hydrogens (primary N) is 1. The van der Waals surface area contributed by atoms with Gasteiger partial charge in [-0.15, -0.1) is 10.2 Å². The summed E-state index contributed by atoms with van der Waals surface area (Å²) in [5.41, 5.74) is 11.3. The molecule has 0 radical (unpaired) electrons. The van der Waals surface area contributed by atoms with Crippen molar-refractivity contribution in [3.05, 3.63) is 71.8 Å². The van der Waals surface area contributed by atoms with E-state index in [1.165, 1.54) is 16.8 Å². The van der Waals surface area contributed by atoms with Gasteiger partial charge in [-0.3, -0.25) is 4.90 Å². The highest BCUT2D eigenvalue weighted by Crippen LogP contribution is 2.31. The zero-order valence-electron chi connectivity index (χ0n) is 14.2. The number of aromatic nitrogens is 2. The maximum atomic E-state index is 5.63. The Morgan fingerprint density at radius 3 is 2.64 bits per heavy atom. The number of likely N-dealkylation sites (N-methyl/N-ethyl adjacent to an activating group) is 1. The lowest BCUT2D eigenvalue weighted by Gasteiger charge is -2.25. The predicted molar refractivity (Wildman–Crippen MR) is 101 cm³/mol. The van der Waals surface area contributed by atoms with Gasteiger partial charge in [0.2, 0.25) is 0 Å². The van der Waals surface area contributed by atoms with E-state index in [0.717, 1.165) is 24.3 Å². The van der Waals surface area contributed by atoms with E-state index in [9.17, 15) is 0 Å². The quantitative estimate of drug-likeness (QED) is 0.754. The molecule has 1 aliphatic heterocycles. The summed E-state index contributed by atoms with van der Waals surface area (Å²) in [6.45, 7) is 1.76. The Labute approximate surface area is 147 Å². The van der Waals surface area contributed by atoms with Gasteiger partial charge in [0.15, 0.2) is 0 Å². The number of hydrogen-bond acceptors (Lipinski definition) is 5. The molecule has 3 N–H and O–H groups in total. The van der Waals surface area contributed by atoms with E-state index >= 15 is 0 Å². The Balaban J connectivity index is 1.63. The van der Waals surface area contributed by atoms with Gasteiger partial charge in [-0.1, -0.05) is 36.4 Å². The molecule has 3 aromatic rings. The van der Waals surface area contributed by atoms with Crippen LogP contribution in [-0.2, 0) is 6.54 Å². The van der Waals surface area contributed by atoms with Crippen LogP contribution in [0.25, 0.3) is 11.3 Å². The number of rotatable bonds is 2. The summed E-state index contributed by atoms with van der Waals surface area (Å²) in [5.74, 6) is 0.436. The van der Waals surface area contributed by atoms with Crippen molar-refractivity contribution >= 4 is 11.5 Å². The van der Waals surface area contributed by atoms with Crippen LogP contribution < -0.4 is 11.1 Å². The first-order chi connectivity index (χ1) is 12.2. The highest BCUT2D eigenvalue weighted by Gasteiger charge is 2.22. The van der Waals surface area contributed by atoms with Crippen molar-refractivity contribution in [2.45, 2.75) is 12.6 Å². The van der Waals surface area contributed by atoms with Crippen LogP contribution in [0.15, 0.2) is 60.7 Å². The first-order valence-electron chi connectivity index (χ1n) is 8.42. The molecule has 1 aromatic heterocycles. The van der Waals surface area contributed by atoms with Gasteiger partial charge in [0.25, 0.3) is 0 Å². The molecule has 1 atom stereocenters. The fourth-order valence-electron chi connectivity index (χ4n) is 3.34. The van der Waals surface area contributed by atoms with Crippen molar-refractivity contribution in [2.75, 3.05) is 24.6 Å². The molecule has 2 heterocycles. The summed E-state index contributed by atoms with van der Waals surface area (Å²) >= 11 is 0. The number of fused-ring (bicyclic) bond motifs is 1. The number of benzene rings is 2. The van der Waals surface area contributed by atoms with Crippen LogP contribution >= 0.6 is 0 Å². The third-order valence-electron chi connectivity index (χ3n) is 4.71. The molecule has 0 spiro atoms. The van der Waals surface area contributed by atoms with E-state index in [4.69, 9.17) is 5.73 Å². The van der Waals surface area contributed by atoms with Crippen molar-refractivity contribution in [3.63, 3.8) is 0 Å². The Morgan fingerprint density at radius 1 is 1.04 bits per heavy atom. The van der Waals surface area contributed by atoms with Crippen molar-refractivity contribution in [1.82, 2.24) is 15.1 Å². The second-order valence-corrected chi connectivity index (χ2v) is 6.44. The maximum Gasteiger partial charge on any atom is 0.146 e. The second kappa shape index (κ2) is 6.53. The molecule has 0 saturated heterocycles. The van der Waals surface area contributed by atoms with E-state index in [1.54, 1.807) is 6.07 Å². The molecule has 4 rings (SSSR count). The van der Waals surface area contributed by atoms with Crippen LogP contribution in [0.3, 0.4) is 0 Å². The molecule has 5 nitrogen and oxygen atoms in total. The Hall–Kier alpha value is -2.92. The molecule has 0 fully saturated rings. The van der Waals surface area contributed by atoms with E-state index in [-0.39, 0.29) is 0 Å². The van der Waals surface area contributed by atoms with Gasteiger partial charge in [-0.25, -0.2) is 0 Å². The second-order valence-electron chi connectivity index (χ2n) is 6.44. The first kappa shape index (κ1) is 15.6. The number of nitrogens with one attached hydrogen (secondary N) is 1. The lowest BCUT2D eigenvalue weighted by Crippen LogP contribution is -2.26. The van der Waals surface area contributed by atoms with Gasteiger partial charge in [-0.2, -0.15) is 0 Å². The van der Waals surface area contributed by atoms with Gasteiger partial charge < -0.3 is 11.1 Å². The van der Waals surface area contributed by atoms with Gasteiger partial charge in [0.1, 0.15) is 5.82 Å². The smallest absolute Gasteiger partial charge is 0.146 e. The molecule has 0 amide bonds. The predicted octanol–water partition coefficient (Wildman–Crippen LogP) is 3.32. The van der Waals surface area contributed by atoms with Crippen molar-refractivity contribution < 1.29 is 0 Å². The van der Waals surface area contributed by atoms with Gasteiger partial charge in [0, 0.05) is 24.3 Å². The number of nitrogen functional groups attached to an aromatic ring is 1. The molecule has 0 bridgehead atoms. The summed E-state index contributed by atoms with van der Waals surface area (Å²) in [4.78, 5) is 2.38. The van der Waals surface area contributed by atoms with Crippen LogP contribution in [0.1, 0.15) is 17.2 Å². The topological polar surface area (TPSA) is 67.1 Å². The number of nitrogens with zero attached hydrogens (tertiary/aromatic N) is 3. The minimum Gasteiger partial charge on any atom is -0.383 e. The molecule has 0 aliphatic carbocycles. The maximum absolute atomic E-state index is 5.63. The fraction of sp³-hybridized carbons (Fsp3) is 0.200. The molecule has 1 unspecified atom stereocenters. The minimum absolute atomic E-state index is 0.341. The first-order valence-corrected chi connectivity index (χ1v) is 8.42. The fourth-order valence-corrected chi connectivity index (χ4v) is 3.34. The van der Waals surface area contributed by atoms with Crippen molar-refractivity contribution in [1.29, 1.82) is 0 Å². The van der Waals surface area contributed by atoms with Crippen molar-refractivity contribution in [2.24, 2.45) is 0 Å². The molecule has 126 valence electrons. The summed E-state index contributed by atoms with van der Waals surface area (Å²) in [5, 5.41) is 11.7. The van der Waals surface area contributed by atoms with E-state index < -0.39 is 0 Å². The highest BCUT2D eigenvalue weighted by atomic mass is 15.2. The average Bonchev–Trinajstić information content (AvgIpc) is 2.80. The summed E-state index contributed by atoms with van der Waals surface area (Å²) in [6.07, 6.45) is 0. The highest BCUT2D eigenvalue weighted by molar-refractivity contribution is 5.66. The standard InChI is InChI=1S/C20H21N5/c1-25-13-16-11-15(18-9-10-20(21)24-23-18)7-8-17(16)22-12-19(25)14-5-3-2-4-6-14/h2-11,19,22H,12-13H2,1H3,(H2,21,24). The van der Waals surface area contributed by atoms with E-state index in [2.05, 4.69) is 76.0 Å². The zero-order chi connectivity index (χ0) is 17.2. The SMILES string of the molecule is CN1Cc2cc(-c3ccc(N)nn3)ccc2NCC1c1ccccc1. The molecule has 0 saturated carbocycles. The molecular weight excluding hydrogens is 310 g/mol. The molecule has 1 aliphatic rings. The lowest BCUT2D eigenvalue weighted by atomic mass is 10.0. The normalized spacial score (nSPS) is 17.4. The molecule has 5 heteroatoms. The summed E-state index contributed by atoms with van der Waals surface area (Å²) in [6, 6.07) is 21.1. The Morgan fingerprint density at radius 2 is 1.88 bits per heavy atom. The minimum atomic E-state index is 0.341. The molecule has 25 heavy (non-hydrogen) atoms. The molecule has 2 aromatic carbocycles. The Bertz CT molecular complexity index is 861. The van der Waals surface area contributed by atoms with Gasteiger partial charge >= 0.3 is 0 Å². The molecular formula is C20H21N5. The van der Waals surface area contributed by atoms with Gasteiger partial charge in [-0.05, 0) is 42.4 Å². The zero-order valence-corrected chi connectivity index (χ0v) is 14.2. The third kappa shape index (κ3) is 3.19. The van der Waals surface area contributed by atoms with Crippen LogP contribution in [0.2, 0.25) is 0 Å². The van der Waals surface area contributed by atoms with Gasteiger partial charge in [0.05, 0.1) is 11.7 Å². The van der Waals surface area contributed by atoms with Crippen LogP contribution in [-0.4, -0.2) is 28.7 Å². The van der Waals surface area contributed by atoms with E-state index in [0.29, 0.717) is 11.9 Å². The monoisotopic (exact) mass is 331 g/mol. The number of anilines is 2. The van der Waals surface area contributed by atoms with Crippen LogP contribution in [0.5, 0.6) is 0 Å². The average molecular weight is 331 g/mol. The number of hydrogen-bond donors (Lipinski definition) is 2. The van der Waals surface area contributed by atoms with Crippen molar-refractivity contribution in [3.8, 4) is 11.3 Å². The van der Waals surface area contributed by atoms with Crippen LogP contribution in [0, 0.1) is 0 Å². The summed E-state index contributed by atoms with van der Waals surface area (Å²) in [7, 11) is 2.17. The Kier molecular flexibility index (Phi) is 4.07. The van der Waals surface area contributed by atoms with Crippen LogP contribution in [0.4, 0.5) is 11.5 Å². The summed E-state index contributed by atoms with van der Waals surface area (Å²) < 4.78 is 0.